The van der Waals surface area contributed by atoms with Gasteiger partial charge >= 0.3 is 11.9 Å². The van der Waals surface area contributed by atoms with Crippen LogP contribution in [0.3, 0.4) is 0 Å². The molecular weight excluding hydrogens is 300 g/mol. The van der Waals surface area contributed by atoms with Crippen LogP contribution in [0.15, 0.2) is 11.6 Å². The minimum Gasteiger partial charge on any atom is -0.469 e. The SMILES string of the molecule is COC(=O)C1=C[C@H](O)[C@@]23C[C@H]1[C@](C)(CO)[C@H]2CC[C@H]3C(=O)OC. The lowest BCUT2D eigenvalue weighted by molar-refractivity contribution is -0.153. The van der Waals surface area contributed by atoms with E-state index in [2.05, 4.69) is 0 Å². The molecule has 0 amide bonds. The number of rotatable bonds is 3. The zero-order valence-corrected chi connectivity index (χ0v) is 13.7. The maximum absolute atomic E-state index is 12.3. The summed E-state index contributed by atoms with van der Waals surface area (Å²) >= 11 is 0. The summed E-state index contributed by atoms with van der Waals surface area (Å²) in [6.07, 6.45) is 2.48. The molecule has 2 bridgehead atoms. The molecule has 6 atom stereocenters. The summed E-state index contributed by atoms with van der Waals surface area (Å²) in [5.74, 6) is -1.46. The summed E-state index contributed by atoms with van der Waals surface area (Å²) < 4.78 is 9.80. The van der Waals surface area contributed by atoms with E-state index in [1.807, 2.05) is 6.92 Å². The van der Waals surface area contributed by atoms with Crippen LogP contribution in [0, 0.1) is 28.6 Å². The largest absolute Gasteiger partial charge is 0.469 e. The van der Waals surface area contributed by atoms with E-state index >= 15 is 0 Å². The van der Waals surface area contributed by atoms with Crippen molar-refractivity contribution in [3.63, 3.8) is 0 Å². The Morgan fingerprint density at radius 1 is 1.30 bits per heavy atom. The fraction of sp³-hybridized carbons (Fsp3) is 0.765. The molecule has 0 aliphatic heterocycles. The van der Waals surface area contributed by atoms with Gasteiger partial charge < -0.3 is 19.7 Å². The molecule has 1 spiro atoms. The fourth-order valence-corrected chi connectivity index (χ4v) is 5.64. The van der Waals surface area contributed by atoms with E-state index < -0.39 is 28.8 Å². The van der Waals surface area contributed by atoms with Crippen LogP contribution in [0.25, 0.3) is 0 Å². The number of carbonyl (C=O) groups is 2. The number of hydrogen-bond acceptors (Lipinski definition) is 6. The van der Waals surface area contributed by atoms with E-state index in [-0.39, 0.29) is 24.4 Å². The van der Waals surface area contributed by atoms with Gasteiger partial charge in [-0.15, -0.1) is 0 Å². The Hall–Kier alpha value is -1.40. The quantitative estimate of drug-likeness (QED) is 0.741. The normalized spacial score (nSPS) is 44.5. The second kappa shape index (κ2) is 5.31. The highest BCUT2D eigenvalue weighted by atomic mass is 16.5. The third-order valence-corrected chi connectivity index (χ3v) is 6.70. The molecule has 0 unspecified atom stereocenters. The molecule has 128 valence electrons. The molecular formula is C17H24O6. The molecule has 3 rings (SSSR count). The van der Waals surface area contributed by atoms with Crippen molar-refractivity contribution in [1.82, 2.24) is 0 Å². The van der Waals surface area contributed by atoms with Gasteiger partial charge in [0.25, 0.3) is 0 Å². The number of esters is 2. The number of carbonyl (C=O) groups excluding carboxylic acids is 2. The molecule has 2 saturated carbocycles. The van der Waals surface area contributed by atoms with Gasteiger partial charge in [0.2, 0.25) is 0 Å². The molecule has 3 aliphatic rings. The maximum atomic E-state index is 12.3. The average molecular weight is 324 g/mol. The highest BCUT2D eigenvalue weighted by Crippen LogP contribution is 2.71. The molecule has 6 heteroatoms. The maximum Gasteiger partial charge on any atom is 0.333 e. The predicted molar refractivity (Wildman–Crippen MR) is 80.1 cm³/mol. The van der Waals surface area contributed by atoms with Gasteiger partial charge in [-0.3, -0.25) is 4.79 Å². The molecule has 0 aromatic heterocycles. The topological polar surface area (TPSA) is 93.1 Å². The lowest BCUT2D eigenvalue weighted by Crippen LogP contribution is -2.46. The van der Waals surface area contributed by atoms with Crippen LogP contribution in [-0.2, 0) is 19.1 Å². The van der Waals surface area contributed by atoms with Gasteiger partial charge in [0.15, 0.2) is 0 Å². The smallest absolute Gasteiger partial charge is 0.333 e. The van der Waals surface area contributed by atoms with Crippen molar-refractivity contribution in [2.75, 3.05) is 20.8 Å². The Kier molecular flexibility index (Phi) is 3.80. The Morgan fingerprint density at radius 3 is 2.57 bits per heavy atom. The van der Waals surface area contributed by atoms with Crippen molar-refractivity contribution in [2.45, 2.75) is 32.3 Å². The van der Waals surface area contributed by atoms with Gasteiger partial charge in [-0.05, 0) is 37.2 Å². The summed E-state index contributed by atoms with van der Waals surface area (Å²) in [6.45, 7) is 1.84. The first-order chi connectivity index (χ1) is 10.9. The Balaban J connectivity index is 2.13. The Morgan fingerprint density at radius 2 is 2.00 bits per heavy atom. The van der Waals surface area contributed by atoms with E-state index in [9.17, 15) is 19.8 Å². The molecule has 2 fully saturated rings. The van der Waals surface area contributed by atoms with Crippen molar-refractivity contribution in [1.29, 1.82) is 0 Å². The van der Waals surface area contributed by atoms with Gasteiger partial charge in [-0.2, -0.15) is 0 Å². The van der Waals surface area contributed by atoms with Gasteiger partial charge in [-0.1, -0.05) is 6.92 Å². The van der Waals surface area contributed by atoms with Crippen LogP contribution in [0.1, 0.15) is 26.2 Å². The molecule has 0 aromatic rings. The molecule has 23 heavy (non-hydrogen) atoms. The highest BCUT2D eigenvalue weighted by molar-refractivity contribution is 5.90. The third-order valence-electron chi connectivity index (χ3n) is 6.70. The minimum absolute atomic E-state index is 0.0393. The second-order valence-corrected chi connectivity index (χ2v) is 7.30. The van der Waals surface area contributed by atoms with Crippen molar-refractivity contribution >= 4 is 11.9 Å². The van der Waals surface area contributed by atoms with Crippen molar-refractivity contribution in [3.8, 4) is 0 Å². The lowest BCUT2D eigenvalue weighted by atomic mass is 9.65. The number of aliphatic hydroxyl groups is 2. The monoisotopic (exact) mass is 324 g/mol. The highest BCUT2D eigenvalue weighted by Gasteiger charge is 2.71. The summed E-state index contributed by atoms with van der Waals surface area (Å²) in [6, 6.07) is 0. The molecule has 3 aliphatic carbocycles. The van der Waals surface area contributed by atoms with Gasteiger partial charge in [0.1, 0.15) is 0 Å². The Labute approximate surface area is 135 Å². The van der Waals surface area contributed by atoms with Crippen LogP contribution in [0.4, 0.5) is 0 Å². The van der Waals surface area contributed by atoms with Crippen LogP contribution >= 0.6 is 0 Å². The van der Waals surface area contributed by atoms with Gasteiger partial charge in [0, 0.05) is 23.0 Å². The first kappa shape index (κ1) is 16.5. The van der Waals surface area contributed by atoms with E-state index in [0.717, 1.165) is 6.42 Å². The molecule has 2 N–H and O–H groups in total. The predicted octanol–water partition coefficient (Wildman–Crippen LogP) is 0.664. The van der Waals surface area contributed by atoms with Crippen molar-refractivity contribution in [2.24, 2.45) is 28.6 Å². The number of fused-ring (bicyclic) bond motifs is 1. The number of hydrogen-bond donors (Lipinski definition) is 2. The molecule has 0 aromatic carbocycles. The second-order valence-electron chi connectivity index (χ2n) is 7.30. The van der Waals surface area contributed by atoms with Crippen molar-refractivity contribution < 1.29 is 29.3 Å². The van der Waals surface area contributed by atoms with Crippen LogP contribution in [0.5, 0.6) is 0 Å². The standard InChI is InChI=1S/C17H24O6/c1-16(8-18)11-7-17(13(19)6-9(11)14(20)22-2)10(15(21)23-3)4-5-12(16)17/h6,10-13,18-19H,4-5,7-8H2,1-3H3/t10-,11+,12+,13-,16-,17+/m0/s1. The lowest BCUT2D eigenvalue weighted by Gasteiger charge is -2.40. The number of methoxy groups -OCH3 is 2. The van der Waals surface area contributed by atoms with Crippen molar-refractivity contribution in [3.05, 3.63) is 11.6 Å². The van der Waals surface area contributed by atoms with Crippen LogP contribution in [0.2, 0.25) is 0 Å². The molecule has 6 nitrogen and oxygen atoms in total. The average Bonchev–Trinajstić information content (AvgIpc) is 3.04. The number of aliphatic hydroxyl groups excluding tert-OH is 2. The zero-order valence-electron chi connectivity index (χ0n) is 13.7. The third kappa shape index (κ3) is 1.88. The zero-order chi connectivity index (χ0) is 17.0. The van der Waals surface area contributed by atoms with E-state index in [4.69, 9.17) is 9.47 Å². The molecule has 0 heterocycles. The summed E-state index contributed by atoms with van der Waals surface area (Å²) in [7, 11) is 2.66. The summed E-state index contributed by atoms with van der Waals surface area (Å²) in [4.78, 5) is 24.4. The first-order valence-electron chi connectivity index (χ1n) is 8.03. The minimum atomic E-state index is -0.919. The molecule has 0 saturated heterocycles. The van der Waals surface area contributed by atoms with Crippen LogP contribution < -0.4 is 0 Å². The van der Waals surface area contributed by atoms with E-state index in [1.165, 1.54) is 20.3 Å². The molecule has 0 radical (unpaired) electrons. The van der Waals surface area contributed by atoms with Gasteiger partial charge in [0.05, 0.1) is 26.2 Å². The van der Waals surface area contributed by atoms with Crippen LogP contribution in [-0.4, -0.2) is 49.1 Å². The Bertz CT molecular complexity index is 569. The van der Waals surface area contributed by atoms with E-state index in [0.29, 0.717) is 18.4 Å². The van der Waals surface area contributed by atoms with E-state index in [1.54, 1.807) is 0 Å². The fourth-order valence-electron chi connectivity index (χ4n) is 5.64. The number of ether oxygens (including phenoxy) is 2. The summed E-state index contributed by atoms with van der Waals surface area (Å²) in [5, 5.41) is 20.9. The van der Waals surface area contributed by atoms with Gasteiger partial charge in [-0.25, -0.2) is 4.79 Å². The first-order valence-corrected chi connectivity index (χ1v) is 8.03. The summed E-state index contributed by atoms with van der Waals surface area (Å²) in [5.41, 5.74) is -0.798.